The van der Waals surface area contributed by atoms with Gasteiger partial charge in [0.15, 0.2) is 10.8 Å². The number of carbonyl (C=O) groups is 1. The molecular weight excluding hydrogens is 326 g/mol. The zero-order valence-corrected chi connectivity index (χ0v) is 13.4. The summed E-state index contributed by atoms with van der Waals surface area (Å²) in [5, 5.41) is 13.2. The lowest BCUT2D eigenvalue weighted by Crippen LogP contribution is -2.19. The molecule has 8 heteroatoms. The molecule has 1 aliphatic heterocycles. The maximum atomic E-state index is 12.3. The maximum absolute atomic E-state index is 12.3. The van der Waals surface area contributed by atoms with Crippen molar-refractivity contribution in [3.8, 4) is 11.4 Å². The average Bonchev–Trinajstić information content (AvgIpc) is 3.10. The summed E-state index contributed by atoms with van der Waals surface area (Å²) in [5.41, 5.74) is 3.55. The van der Waals surface area contributed by atoms with Gasteiger partial charge in [-0.25, -0.2) is 4.98 Å². The number of amides is 1. The van der Waals surface area contributed by atoms with E-state index in [0.29, 0.717) is 18.3 Å². The summed E-state index contributed by atoms with van der Waals surface area (Å²) in [6, 6.07) is 7.33. The van der Waals surface area contributed by atoms with E-state index >= 15 is 0 Å². The number of thiazole rings is 1. The van der Waals surface area contributed by atoms with Gasteiger partial charge in [-0.1, -0.05) is 6.07 Å². The molecule has 1 aliphatic rings. The van der Waals surface area contributed by atoms with Crippen molar-refractivity contribution in [2.24, 2.45) is 0 Å². The zero-order valence-electron chi connectivity index (χ0n) is 12.6. The first kappa shape index (κ1) is 14.9. The van der Waals surface area contributed by atoms with Crippen LogP contribution >= 0.6 is 11.3 Å². The fourth-order valence-corrected chi connectivity index (χ4v) is 3.08. The monoisotopic (exact) mass is 339 g/mol. The Kier molecular flexibility index (Phi) is 3.97. The summed E-state index contributed by atoms with van der Waals surface area (Å²) in [7, 11) is 0. The van der Waals surface area contributed by atoms with Crippen molar-refractivity contribution >= 4 is 22.4 Å². The summed E-state index contributed by atoms with van der Waals surface area (Å²) < 4.78 is 5.38. The van der Waals surface area contributed by atoms with Crippen molar-refractivity contribution in [3.63, 3.8) is 0 Å². The topological polar surface area (TPSA) is 89.9 Å². The van der Waals surface area contributed by atoms with Gasteiger partial charge in [-0.2, -0.15) is 5.10 Å². The summed E-state index contributed by atoms with van der Waals surface area (Å²) >= 11 is 1.34. The van der Waals surface area contributed by atoms with Crippen molar-refractivity contribution in [2.45, 2.75) is 13.0 Å². The van der Waals surface area contributed by atoms with Crippen LogP contribution in [0.3, 0.4) is 0 Å². The molecule has 0 radical (unpaired) electrons. The summed E-state index contributed by atoms with van der Waals surface area (Å²) in [5.74, 6) is -0.335. The fourth-order valence-electron chi connectivity index (χ4n) is 2.38. The van der Waals surface area contributed by atoms with Crippen LogP contribution in [0.1, 0.15) is 21.7 Å². The lowest BCUT2D eigenvalue weighted by atomic mass is 10.1. The Hall–Kier alpha value is -2.71. The van der Waals surface area contributed by atoms with E-state index in [1.165, 1.54) is 11.3 Å². The first-order valence-corrected chi connectivity index (χ1v) is 8.29. The molecular formula is C16H13N5O2S. The van der Waals surface area contributed by atoms with Crippen molar-refractivity contribution in [1.82, 2.24) is 20.2 Å². The largest absolute Gasteiger partial charge is 0.376 e. The van der Waals surface area contributed by atoms with Crippen LogP contribution < -0.4 is 5.32 Å². The number of carbonyl (C=O) groups excluding carboxylic acids is 1. The van der Waals surface area contributed by atoms with E-state index in [1.54, 1.807) is 12.3 Å². The molecule has 3 aromatic heterocycles. The first-order valence-electron chi connectivity index (χ1n) is 7.41. The second kappa shape index (κ2) is 6.42. The van der Waals surface area contributed by atoms with Gasteiger partial charge in [0.05, 0.1) is 24.6 Å². The number of ether oxygens (including phenoxy) is 1. The minimum atomic E-state index is -0.335. The van der Waals surface area contributed by atoms with Crippen molar-refractivity contribution in [1.29, 1.82) is 0 Å². The molecule has 0 saturated carbocycles. The third-order valence-electron chi connectivity index (χ3n) is 3.59. The molecule has 3 aromatic rings. The molecule has 0 aliphatic carbocycles. The number of nitrogens with zero attached hydrogens (tertiary/aromatic N) is 4. The van der Waals surface area contributed by atoms with Crippen molar-refractivity contribution < 1.29 is 9.53 Å². The summed E-state index contributed by atoms with van der Waals surface area (Å²) in [4.78, 5) is 21.0. The van der Waals surface area contributed by atoms with Crippen molar-refractivity contribution in [3.05, 3.63) is 52.8 Å². The van der Waals surface area contributed by atoms with Crippen LogP contribution in [0.4, 0.5) is 5.13 Å². The number of aromatic nitrogens is 4. The average molecular weight is 339 g/mol. The molecule has 4 heterocycles. The van der Waals surface area contributed by atoms with Crippen LogP contribution in [0.2, 0.25) is 0 Å². The van der Waals surface area contributed by atoms with E-state index in [0.717, 1.165) is 29.1 Å². The molecule has 1 N–H and O–H groups in total. The quantitative estimate of drug-likeness (QED) is 0.787. The highest BCUT2D eigenvalue weighted by molar-refractivity contribution is 7.14. The van der Waals surface area contributed by atoms with Gasteiger partial charge in [0.25, 0.3) is 5.91 Å². The molecule has 7 nitrogen and oxygen atoms in total. The Morgan fingerprint density at radius 3 is 3.08 bits per heavy atom. The normalized spacial score (nSPS) is 13.3. The predicted molar refractivity (Wildman–Crippen MR) is 88.7 cm³/mol. The van der Waals surface area contributed by atoms with Gasteiger partial charge < -0.3 is 4.74 Å². The van der Waals surface area contributed by atoms with Gasteiger partial charge in [-0.3, -0.25) is 15.1 Å². The number of hydrogen-bond donors (Lipinski definition) is 1. The van der Waals surface area contributed by atoms with Crippen LogP contribution in [-0.2, 0) is 17.8 Å². The van der Waals surface area contributed by atoms with Crippen LogP contribution in [-0.4, -0.2) is 32.7 Å². The highest BCUT2D eigenvalue weighted by Crippen LogP contribution is 2.23. The molecule has 0 saturated heterocycles. The molecule has 120 valence electrons. The zero-order chi connectivity index (χ0) is 16.4. The molecule has 0 fully saturated rings. The number of nitrogens with one attached hydrogen (secondary N) is 1. The molecule has 24 heavy (non-hydrogen) atoms. The number of rotatable bonds is 3. The van der Waals surface area contributed by atoms with E-state index in [2.05, 4.69) is 25.5 Å². The molecule has 0 unspecified atom stereocenters. The second-order valence-electron chi connectivity index (χ2n) is 5.21. The van der Waals surface area contributed by atoms with Crippen molar-refractivity contribution in [2.75, 3.05) is 11.9 Å². The van der Waals surface area contributed by atoms with Crippen LogP contribution in [0.15, 0.2) is 35.8 Å². The van der Waals surface area contributed by atoms with Gasteiger partial charge in [-0.05, 0) is 18.2 Å². The summed E-state index contributed by atoms with van der Waals surface area (Å²) in [6.07, 6.45) is 2.43. The third-order valence-corrected chi connectivity index (χ3v) is 4.34. The van der Waals surface area contributed by atoms with Crippen LogP contribution in [0.5, 0.6) is 0 Å². The molecule has 0 bridgehead atoms. The molecule has 4 rings (SSSR count). The van der Waals surface area contributed by atoms with E-state index in [9.17, 15) is 4.79 Å². The van der Waals surface area contributed by atoms with E-state index in [4.69, 9.17) is 4.74 Å². The standard InChI is InChI=1S/C16H13N5O2S/c22-15(13-7-10-8-23-6-4-11(10)20-21-13)19-16-18-14(9-24-16)12-3-1-2-5-17-12/h1-3,5,7,9H,4,6,8H2,(H,18,19,22). The third kappa shape index (κ3) is 3.01. The Morgan fingerprint density at radius 1 is 1.25 bits per heavy atom. The molecule has 1 amide bonds. The highest BCUT2D eigenvalue weighted by atomic mass is 32.1. The number of hydrogen-bond acceptors (Lipinski definition) is 7. The van der Waals surface area contributed by atoms with E-state index in [-0.39, 0.29) is 11.6 Å². The number of fused-ring (bicyclic) bond motifs is 1. The Labute approximate surface area is 141 Å². The first-order chi connectivity index (χ1) is 11.8. The lowest BCUT2D eigenvalue weighted by Gasteiger charge is -2.14. The second-order valence-corrected chi connectivity index (χ2v) is 6.07. The number of pyridine rings is 1. The highest BCUT2D eigenvalue weighted by Gasteiger charge is 2.17. The Balaban J connectivity index is 1.51. The van der Waals surface area contributed by atoms with Gasteiger partial charge in [0, 0.05) is 23.6 Å². The van der Waals surface area contributed by atoms with Crippen LogP contribution in [0, 0.1) is 0 Å². The van der Waals surface area contributed by atoms with Gasteiger partial charge >= 0.3 is 0 Å². The predicted octanol–water partition coefficient (Wildman–Crippen LogP) is 2.32. The maximum Gasteiger partial charge on any atom is 0.277 e. The lowest BCUT2D eigenvalue weighted by molar-refractivity contribution is 0.101. The minimum Gasteiger partial charge on any atom is -0.376 e. The smallest absolute Gasteiger partial charge is 0.277 e. The molecule has 0 atom stereocenters. The SMILES string of the molecule is O=C(Nc1nc(-c2ccccn2)cs1)c1cc2c(nn1)CCOC2. The molecule has 0 aromatic carbocycles. The van der Waals surface area contributed by atoms with E-state index in [1.807, 2.05) is 23.6 Å². The van der Waals surface area contributed by atoms with Gasteiger partial charge in [-0.15, -0.1) is 16.4 Å². The fraction of sp³-hybridized carbons (Fsp3) is 0.188. The minimum absolute atomic E-state index is 0.258. The van der Waals surface area contributed by atoms with Crippen LogP contribution in [0.25, 0.3) is 11.4 Å². The van der Waals surface area contributed by atoms with Gasteiger partial charge in [0.2, 0.25) is 0 Å². The van der Waals surface area contributed by atoms with E-state index < -0.39 is 0 Å². The molecule has 0 spiro atoms. The number of anilines is 1. The van der Waals surface area contributed by atoms with Gasteiger partial charge in [0.1, 0.15) is 5.69 Å². The Morgan fingerprint density at radius 2 is 2.21 bits per heavy atom. The Bertz CT molecular complexity index is 881. The summed E-state index contributed by atoms with van der Waals surface area (Å²) in [6.45, 7) is 1.11.